The summed E-state index contributed by atoms with van der Waals surface area (Å²) in [5.41, 5.74) is -0.433. The number of benzene rings is 1. The second-order valence-corrected chi connectivity index (χ2v) is 8.27. The summed E-state index contributed by atoms with van der Waals surface area (Å²) in [5, 5.41) is 22.8. The van der Waals surface area contributed by atoms with Crippen LogP contribution in [0.5, 0.6) is 0 Å². The van der Waals surface area contributed by atoms with Gasteiger partial charge in [-0.3, -0.25) is 4.79 Å². The number of carbonyl (C=O) groups is 1. The van der Waals surface area contributed by atoms with E-state index in [4.69, 9.17) is 0 Å². The Morgan fingerprint density at radius 3 is 2.70 bits per heavy atom. The van der Waals surface area contributed by atoms with Gasteiger partial charge in [0.25, 0.3) is 0 Å². The van der Waals surface area contributed by atoms with Crippen molar-refractivity contribution < 1.29 is 14.3 Å². The number of pyridine rings is 1. The lowest BCUT2D eigenvalue weighted by molar-refractivity contribution is 0.0695. The lowest BCUT2D eigenvalue weighted by Gasteiger charge is -2.24. The number of aromatic carboxylic acids is 1. The van der Waals surface area contributed by atoms with Gasteiger partial charge in [-0.15, -0.1) is 12.4 Å². The summed E-state index contributed by atoms with van der Waals surface area (Å²) in [7, 11) is 0. The fourth-order valence-electron chi connectivity index (χ4n) is 4.92. The third kappa shape index (κ3) is 3.13. The van der Waals surface area contributed by atoms with Crippen LogP contribution in [-0.4, -0.2) is 41.3 Å². The number of piperidine rings is 1. The topological polar surface area (TPSA) is 98.4 Å². The van der Waals surface area contributed by atoms with Crippen LogP contribution in [0.2, 0.25) is 0 Å². The van der Waals surface area contributed by atoms with E-state index in [0.29, 0.717) is 24.5 Å². The molecule has 7 nitrogen and oxygen atoms in total. The van der Waals surface area contributed by atoms with E-state index in [9.17, 15) is 20.0 Å². The molecule has 3 heterocycles. The third-order valence-corrected chi connectivity index (χ3v) is 6.44. The number of rotatable bonds is 3. The van der Waals surface area contributed by atoms with Gasteiger partial charge in [-0.25, -0.2) is 9.18 Å². The summed E-state index contributed by atoms with van der Waals surface area (Å²) in [6.45, 7) is 2.22. The second kappa shape index (κ2) is 7.56. The van der Waals surface area contributed by atoms with Crippen molar-refractivity contribution in [3.8, 4) is 6.07 Å². The Morgan fingerprint density at radius 1 is 1.30 bits per heavy atom. The molecule has 9 heteroatoms. The van der Waals surface area contributed by atoms with Crippen molar-refractivity contribution in [1.82, 2.24) is 9.88 Å². The van der Waals surface area contributed by atoms with E-state index in [0.717, 1.165) is 38.3 Å². The molecule has 1 aliphatic carbocycles. The van der Waals surface area contributed by atoms with Crippen LogP contribution in [-0.2, 0) is 0 Å². The predicted molar refractivity (Wildman–Crippen MR) is 112 cm³/mol. The molecule has 158 valence electrons. The Labute approximate surface area is 178 Å². The summed E-state index contributed by atoms with van der Waals surface area (Å²) < 4.78 is 16.9. The Kier molecular flexibility index (Phi) is 5.20. The van der Waals surface area contributed by atoms with E-state index in [1.54, 1.807) is 4.57 Å². The van der Waals surface area contributed by atoms with Crippen LogP contribution in [0.1, 0.15) is 47.6 Å². The van der Waals surface area contributed by atoms with Gasteiger partial charge in [0, 0.05) is 31.4 Å². The first-order chi connectivity index (χ1) is 14.0. The van der Waals surface area contributed by atoms with E-state index < -0.39 is 22.8 Å². The molecule has 3 aliphatic rings. The number of halogens is 2. The smallest absolute Gasteiger partial charge is 0.341 e. The zero-order chi connectivity index (χ0) is 20.3. The van der Waals surface area contributed by atoms with Gasteiger partial charge >= 0.3 is 5.97 Å². The monoisotopic (exact) mass is 432 g/mol. The first-order valence-electron chi connectivity index (χ1n) is 10.0. The molecule has 3 fully saturated rings. The maximum atomic E-state index is 15.2. The fraction of sp³-hybridized carbons (Fsp3) is 0.476. The third-order valence-electron chi connectivity index (χ3n) is 6.44. The van der Waals surface area contributed by atoms with Crippen LogP contribution < -0.4 is 15.6 Å². The SMILES string of the molecule is Cl.N#Cc1c(N2CC3CCCNC3C2)c(F)cc2c(=O)c(C(=O)O)cn(C3CC3)c12. The summed E-state index contributed by atoms with van der Waals surface area (Å²) in [6.07, 6.45) is 5.15. The molecular formula is C21H22ClFN4O3. The maximum Gasteiger partial charge on any atom is 0.341 e. The van der Waals surface area contributed by atoms with Crippen LogP contribution in [0.3, 0.4) is 0 Å². The highest BCUT2D eigenvalue weighted by Crippen LogP contribution is 2.41. The average Bonchev–Trinajstić information content (AvgIpc) is 3.45. The Morgan fingerprint density at radius 2 is 2.07 bits per heavy atom. The van der Waals surface area contributed by atoms with Crippen LogP contribution in [0.15, 0.2) is 17.1 Å². The molecule has 1 saturated carbocycles. The predicted octanol–water partition coefficient (Wildman–Crippen LogP) is 2.66. The molecule has 1 aromatic heterocycles. The molecule has 0 bridgehead atoms. The van der Waals surface area contributed by atoms with Gasteiger partial charge in [0.1, 0.15) is 23.0 Å². The standard InChI is InChI=1S/C21H21FN4O3.ClH/c22-16-6-13-18(26(12-3-4-12)9-15(20(13)27)21(28)29)14(7-23)19(16)25-8-11-2-1-5-24-17(11)10-25;/h6,9,11-12,17,24H,1-5,8,10H2,(H,28,29);1H. The number of hydrogen-bond acceptors (Lipinski definition) is 5. The van der Waals surface area contributed by atoms with E-state index in [2.05, 4.69) is 11.4 Å². The van der Waals surface area contributed by atoms with E-state index in [-0.39, 0.29) is 41.1 Å². The van der Waals surface area contributed by atoms with Crippen LogP contribution in [0.4, 0.5) is 10.1 Å². The van der Waals surface area contributed by atoms with Crippen molar-refractivity contribution in [2.24, 2.45) is 5.92 Å². The number of aromatic nitrogens is 1. The van der Waals surface area contributed by atoms with Crippen LogP contribution >= 0.6 is 12.4 Å². The highest BCUT2D eigenvalue weighted by Gasteiger charge is 2.37. The average molecular weight is 433 g/mol. The zero-order valence-corrected chi connectivity index (χ0v) is 17.0. The molecule has 0 radical (unpaired) electrons. The van der Waals surface area contributed by atoms with Gasteiger partial charge in [0.2, 0.25) is 5.43 Å². The molecule has 2 aromatic rings. The zero-order valence-electron chi connectivity index (χ0n) is 16.2. The highest BCUT2D eigenvalue weighted by atomic mass is 35.5. The lowest BCUT2D eigenvalue weighted by Crippen LogP contribution is -2.40. The maximum absolute atomic E-state index is 15.2. The van der Waals surface area contributed by atoms with Gasteiger partial charge in [-0.05, 0) is 44.2 Å². The normalized spacial score (nSPS) is 23.0. The highest BCUT2D eigenvalue weighted by molar-refractivity contribution is 5.96. The molecule has 2 aliphatic heterocycles. The van der Waals surface area contributed by atoms with Gasteiger partial charge in [-0.2, -0.15) is 5.26 Å². The molecule has 2 atom stereocenters. The van der Waals surface area contributed by atoms with Gasteiger partial charge in [0.05, 0.1) is 16.6 Å². The number of carboxylic acid groups (broad SMARTS) is 1. The van der Waals surface area contributed by atoms with E-state index >= 15 is 4.39 Å². The van der Waals surface area contributed by atoms with Gasteiger partial charge in [0.15, 0.2) is 0 Å². The molecule has 0 spiro atoms. The van der Waals surface area contributed by atoms with Crippen LogP contribution in [0, 0.1) is 23.1 Å². The van der Waals surface area contributed by atoms with Gasteiger partial charge in [-0.1, -0.05) is 0 Å². The number of fused-ring (bicyclic) bond motifs is 2. The minimum Gasteiger partial charge on any atom is -0.477 e. The van der Waals surface area contributed by atoms with Crippen molar-refractivity contribution in [3.05, 3.63) is 39.4 Å². The first kappa shape index (κ1) is 20.6. The van der Waals surface area contributed by atoms with Crippen molar-refractivity contribution in [2.75, 3.05) is 24.5 Å². The fourth-order valence-corrected chi connectivity index (χ4v) is 4.92. The second-order valence-electron chi connectivity index (χ2n) is 8.27. The molecular weight excluding hydrogens is 411 g/mol. The molecule has 2 N–H and O–H groups in total. The van der Waals surface area contributed by atoms with Crippen LogP contribution in [0.25, 0.3) is 10.9 Å². The first-order valence-corrected chi connectivity index (χ1v) is 10.0. The van der Waals surface area contributed by atoms with Crippen molar-refractivity contribution in [2.45, 2.75) is 37.8 Å². The molecule has 0 amide bonds. The molecule has 30 heavy (non-hydrogen) atoms. The van der Waals surface area contributed by atoms with E-state index in [1.807, 2.05) is 4.90 Å². The lowest BCUT2D eigenvalue weighted by atomic mass is 9.94. The summed E-state index contributed by atoms with van der Waals surface area (Å²) in [6, 6.07) is 3.55. The van der Waals surface area contributed by atoms with Crippen molar-refractivity contribution in [1.29, 1.82) is 5.26 Å². The molecule has 5 rings (SSSR count). The molecule has 2 saturated heterocycles. The molecule has 1 aromatic carbocycles. The van der Waals surface area contributed by atoms with Gasteiger partial charge < -0.3 is 19.9 Å². The molecule has 2 unspecified atom stereocenters. The minimum absolute atomic E-state index is 0. The van der Waals surface area contributed by atoms with Crippen molar-refractivity contribution >= 4 is 35.0 Å². The summed E-state index contributed by atoms with van der Waals surface area (Å²) >= 11 is 0. The largest absolute Gasteiger partial charge is 0.477 e. The van der Waals surface area contributed by atoms with Crippen molar-refractivity contribution in [3.63, 3.8) is 0 Å². The number of hydrogen-bond donors (Lipinski definition) is 2. The Bertz CT molecular complexity index is 1120. The Hall–Kier alpha value is -2.63. The summed E-state index contributed by atoms with van der Waals surface area (Å²) in [5.74, 6) is -1.58. The Balaban J connectivity index is 0.00000218. The number of nitrogens with one attached hydrogen (secondary N) is 1. The quantitative estimate of drug-likeness (QED) is 0.773. The number of nitriles is 1. The number of carboxylic acids is 1. The summed E-state index contributed by atoms with van der Waals surface area (Å²) in [4.78, 5) is 26.2. The minimum atomic E-state index is -1.34. The number of nitrogens with zero attached hydrogens (tertiary/aromatic N) is 3. The van der Waals surface area contributed by atoms with E-state index in [1.165, 1.54) is 6.20 Å². The number of anilines is 1.